The predicted octanol–water partition coefficient (Wildman–Crippen LogP) is -4.78. The fourth-order valence-electron chi connectivity index (χ4n) is 1.31. The lowest BCUT2D eigenvalue weighted by molar-refractivity contribution is -0.890. The Kier molecular flexibility index (Phi) is 18.3. The molecule has 4 N–H and O–H groups in total. The maximum Gasteiger partial charge on any atom is 0.102 e. The Bertz CT molecular complexity index is 226. The van der Waals surface area contributed by atoms with Crippen molar-refractivity contribution in [1.82, 2.24) is 0 Å². The van der Waals surface area contributed by atoms with E-state index < -0.39 is 9.17 Å². The molecule has 0 radical (unpaired) electrons. The molecular weight excluding hydrogens is 312 g/mol. The first kappa shape index (κ1) is 26.3. The highest BCUT2D eigenvalue weighted by Crippen LogP contribution is 1.93. The Balaban J connectivity index is -0.000000266. The number of nitrogens with zero attached hydrogens (tertiary/aromatic N) is 2. The van der Waals surface area contributed by atoms with Crippen molar-refractivity contribution in [3.8, 4) is 0 Å². The minimum absolute atomic E-state index is 0.188. The van der Waals surface area contributed by atoms with Crippen LogP contribution in [0.5, 0.6) is 0 Å². The van der Waals surface area contributed by atoms with E-state index in [1.807, 2.05) is 28.2 Å². The summed E-state index contributed by atoms with van der Waals surface area (Å²) in [4.78, 5) is 17.0. The molecule has 0 heterocycles. The Morgan fingerprint density at radius 1 is 0.682 bits per heavy atom. The van der Waals surface area contributed by atoms with E-state index in [1.165, 1.54) is 0 Å². The fraction of sp³-hybridized carbons (Fsp3) is 1.00. The summed E-state index contributed by atoms with van der Waals surface area (Å²) in [5, 5.41) is 34.1. The molecule has 0 spiro atoms. The molecule has 0 saturated carbocycles. The standard InChI is InChI=1S/2C6H16NO2.O3Si/c2*1-7(2,3-5-8)4-6-9;1-4(2)3/h2*8-9H,3-6H2,1-2H3;/q2*+1;-2. The topological polar surface area (TPSA) is 144 Å². The molecule has 10 heteroatoms. The lowest BCUT2D eigenvalue weighted by Gasteiger charge is -2.27. The van der Waals surface area contributed by atoms with Crippen molar-refractivity contribution in [1.29, 1.82) is 0 Å². The normalized spacial score (nSPS) is 10.9. The van der Waals surface area contributed by atoms with Gasteiger partial charge < -0.3 is 43.4 Å². The molecular formula is C12H32N2O7Si. The van der Waals surface area contributed by atoms with Crippen molar-refractivity contribution in [2.45, 2.75) is 0 Å². The summed E-state index contributed by atoms with van der Waals surface area (Å²) >= 11 is 0. The molecule has 0 bridgehead atoms. The molecule has 0 aliphatic carbocycles. The molecule has 22 heavy (non-hydrogen) atoms. The minimum atomic E-state index is -3.63. The monoisotopic (exact) mass is 344 g/mol. The summed E-state index contributed by atoms with van der Waals surface area (Å²) in [7, 11) is 4.28. The van der Waals surface area contributed by atoms with Crippen LogP contribution in [-0.4, -0.2) is 119 Å². The summed E-state index contributed by atoms with van der Waals surface area (Å²) in [5.41, 5.74) is 0. The Morgan fingerprint density at radius 2 is 0.818 bits per heavy atom. The molecule has 0 aromatic carbocycles. The van der Waals surface area contributed by atoms with Crippen LogP contribution >= 0.6 is 0 Å². The van der Waals surface area contributed by atoms with Crippen molar-refractivity contribution < 1.29 is 43.4 Å². The van der Waals surface area contributed by atoms with Crippen molar-refractivity contribution in [3.63, 3.8) is 0 Å². The molecule has 0 aliphatic heterocycles. The first-order valence-electron chi connectivity index (χ1n) is 6.93. The minimum Gasteiger partial charge on any atom is -0.672 e. The number of aliphatic hydroxyl groups is 4. The maximum absolute atomic E-state index is 8.53. The molecule has 0 atom stereocenters. The number of hydrogen-bond acceptors (Lipinski definition) is 7. The SMILES string of the molecule is C[N+](C)(CCO)CCO.C[N+](C)(CCO)CCO.O=[Si]([O-])[O-]. The Labute approximate surface area is 134 Å². The first-order valence-corrected chi connectivity index (χ1v) is 8.16. The zero-order chi connectivity index (χ0) is 18.2. The number of aliphatic hydroxyl groups excluding tert-OH is 4. The van der Waals surface area contributed by atoms with Gasteiger partial charge in [-0.15, -0.1) is 0 Å². The first-order chi connectivity index (χ1) is 9.97. The van der Waals surface area contributed by atoms with E-state index in [2.05, 4.69) is 0 Å². The van der Waals surface area contributed by atoms with Crippen molar-refractivity contribution in [3.05, 3.63) is 0 Å². The van der Waals surface area contributed by atoms with Crippen LogP contribution in [0.15, 0.2) is 0 Å². The van der Waals surface area contributed by atoms with Gasteiger partial charge in [-0.05, 0) is 0 Å². The largest absolute Gasteiger partial charge is 0.672 e. The number of hydrogen-bond donors (Lipinski definition) is 4. The summed E-state index contributed by atoms with van der Waals surface area (Å²) < 4.78 is 9.89. The van der Waals surface area contributed by atoms with Gasteiger partial charge in [0, 0.05) is 9.17 Å². The predicted molar refractivity (Wildman–Crippen MR) is 78.5 cm³/mol. The van der Waals surface area contributed by atoms with Gasteiger partial charge in [0.2, 0.25) is 0 Å². The lowest BCUT2D eigenvalue weighted by Crippen LogP contribution is -2.43. The number of quaternary nitrogens is 2. The number of rotatable bonds is 8. The van der Waals surface area contributed by atoms with E-state index in [4.69, 9.17) is 34.5 Å². The second-order valence-electron chi connectivity index (χ2n) is 5.91. The molecule has 9 nitrogen and oxygen atoms in total. The van der Waals surface area contributed by atoms with Crippen LogP contribution < -0.4 is 9.59 Å². The molecule has 0 saturated heterocycles. The van der Waals surface area contributed by atoms with Crippen molar-refractivity contribution >= 4 is 9.17 Å². The van der Waals surface area contributed by atoms with Crippen LogP contribution in [0.2, 0.25) is 0 Å². The third kappa shape index (κ3) is 27.7. The van der Waals surface area contributed by atoms with Gasteiger partial charge in [-0.3, -0.25) is 0 Å². The third-order valence-corrected chi connectivity index (χ3v) is 2.82. The van der Waals surface area contributed by atoms with E-state index in [1.54, 1.807) is 0 Å². The molecule has 0 unspecified atom stereocenters. The van der Waals surface area contributed by atoms with E-state index in [0.717, 1.165) is 0 Å². The molecule has 0 aromatic heterocycles. The van der Waals surface area contributed by atoms with Crippen LogP contribution in [0.4, 0.5) is 0 Å². The van der Waals surface area contributed by atoms with Crippen LogP contribution in [0, 0.1) is 0 Å². The molecule has 0 fully saturated rings. The van der Waals surface area contributed by atoms with E-state index in [0.29, 0.717) is 35.1 Å². The van der Waals surface area contributed by atoms with Crippen LogP contribution in [0.1, 0.15) is 0 Å². The highest BCUT2D eigenvalue weighted by atomic mass is 28.3. The van der Waals surface area contributed by atoms with Gasteiger partial charge >= 0.3 is 0 Å². The quantitative estimate of drug-likeness (QED) is 0.255. The second-order valence-corrected chi connectivity index (χ2v) is 6.41. The maximum atomic E-state index is 8.53. The van der Waals surface area contributed by atoms with E-state index >= 15 is 0 Å². The molecule has 0 aliphatic rings. The van der Waals surface area contributed by atoms with E-state index in [-0.39, 0.29) is 26.4 Å². The molecule has 0 aromatic rings. The number of likely N-dealkylation sites (N-methyl/N-ethyl adjacent to an activating group) is 2. The zero-order valence-corrected chi connectivity index (χ0v) is 15.1. The smallest absolute Gasteiger partial charge is 0.102 e. The van der Waals surface area contributed by atoms with Gasteiger partial charge in [0.1, 0.15) is 26.2 Å². The van der Waals surface area contributed by atoms with Gasteiger partial charge in [-0.25, -0.2) is 0 Å². The molecule has 0 rings (SSSR count). The van der Waals surface area contributed by atoms with Gasteiger partial charge in [-0.1, -0.05) is 0 Å². The highest BCUT2D eigenvalue weighted by Gasteiger charge is 2.12. The Morgan fingerprint density at radius 3 is 0.909 bits per heavy atom. The second kappa shape index (κ2) is 15.3. The van der Waals surface area contributed by atoms with Gasteiger partial charge in [-0.2, -0.15) is 0 Å². The van der Waals surface area contributed by atoms with E-state index in [9.17, 15) is 0 Å². The zero-order valence-electron chi connectivity index (χ0n) is 14.1. The third-order valence-electron chi connectivity index (χ3n) is 2.82. The Hall–Kier alpha value is -0.623. The fourth-order valence-corrected chi connectivity index (χ4v) is 1.31. The van der Waals surface area contributed by atoms with Gasteiger partial charge in [0.05, 0.1) is 54.6 Å². The van der Waals surface area contributed by atoms with Crippen molar-refractivity contribution in [2.75, 3.05) is 80.8 Å². The molecule has 0 amide bonds. The highest BCUT2D eigenvalue weighted by molar-refractivity contribution is 6.17. The van der Waals surface area contributed by atoms with Crippen LogP contribution in [0.25, 0.3) is 0 Å². The van der Waals surface area contributed by atoms with Crippen LogP contribution in [0.3, 0.4) is 0 Å². The average molecular weight is 344 g/mol. The lowest BCUT2D eigenvalue weighted by atomic mass is 10.4. The molecule has 136 valence electrons. The average Bonchev–Trinajstić information content (AvgIpc) is 2.28. The summed E-state index contributed by atoms with van der Waals surface area (Å²) in [6, 6.07) is 0. The van der Waals surface area contributed by atoms with Crippen molar-refractivity contribution in [2.24, 2.45) is 0 Å². The summed E-state index contributed by atoms with van der Waals surface area (Å²) in [5.74, 6) is 0. The van der Waals surface area contributed by atoms with Gasteiger partial charge in [0.15, 0.2) is 0 Å². The van der Waals surface area contributed by atoms with Gasteiger partial charge in [0.25, 0.3) is 0 Å². The van der Waals surface area contributed by atoms with Crippen LogP contribution in [-0.2, 0) is 4.46 Å². The summed E-state index contributed by atoms with van der Waals surface area (Å²) in [6.45, 7) is 3.59. The summed E-state index contributed by atoms with van der Waals surface area (Å²) in [6.07, 6.45) is 0.